The van der Waals surface area contributed by atoms with E-state index in [-0.39, 0.29) is 18.5 Å². The number of rotatable bonds is 6. The fourth-order valence-corrected chi connectivity index (χ4v) is 3.16. The summed E-state index contributed by atoms with van der Waals surface area (Å²) in [5.74, 6) is 0.740. The fourth-order valence-electron chi connectivity index (χ4n) is 3.16. The molecule has 3 atom stereocenters. The van der Waals surface area contributed by atoms with Gasteiger partial charge in [0.1, 0.15) is 0 Å². The summed E-state index contributed by atoms with van der Waals surface area (Å²) in [5.41, 5.74) is 0. The van der Waals surface area contributed by atoms with Crippen LogP contribution in [0.3, 0.4) is 0 Å². The SMILES string of the molecule is CC1CCCCC1CNC(=O)NC(CC(=O)O)C1CC1. The molecular formula is C15H26N2O3. The molecule has 0 aliphatic heterocycles. The molecule has 20 heavy (non-hydrogen) atoms. The molecule has 0 aromatic rings. The summed E-state index contributed by atoms with van der Waals surface area (Å²) in [6, 6.07) is -0.419. The first-order valence-electron chi connectivity index (χ1n) is 7.82. The molecule has 0 heterocycles. The van der Waals surface area contributed by atoms with Crippen molar-refractivity contribution in [1.82, 2.24) is 10.6 Å². The number of nitrogens with one attached hydrogen (secondary N) is 2. The van der Waals surface area contributed by atoms with Crippen LogP contribution in [0.25, 0.3) is 0 Å². The van der Waals surface area contributed by atoms with Crippen molar-refractivity contribution in [2.75, 3.05) is 6.54 Å². The number of urea groups is 1. The number of amides is 2. The van der Waals surface area contributed by atoms with Crippen molar-refractivity contribution in [3.63, 3.8) is 0 Å². The Balaban J connectivity index is 1.72. The second-order valence-corrected chi connectivity index (χ2v) is 6.42. The van der Waals surface area contributed by atoms with E-state index in [0.29, 0.717) is 24.3 Å². The molecule has 3 N–H and O–H groups in total. The maximum Gasteiger partial charge on any atom is 0.315 e. The highest BCUT2D eigenvalue weighted by atomic mass is 16.4. The van der Waals surface area contributed by atoms with Crippen LogP contribution in [0.4, 0.5) is 4.79 Å². The minimum atomic E-state index is -0.844. The molecule has 0 radical (unpaired) electrons. The zero-order valence-electron chi connectivity index (χ0n) is 12.2. The standard InChI is InChI=1S/C15H26N2O3/c1-10-4-2-3-5-12(10)9-16-15(20)17-13(8-14(18)19)11-6-7-11/h10-13H,2-9H2,1H3,(H,18,19)(H2,16,17,20). The van der Waals surface area contributed by atoms with Crippen molar-refractivity contribution < 1.29 is 14.7 Å². The molecule has 2 saturated carbocycles. The van der Waals surface area contributed by atoms with Gasteiger partial charge in [-0.15, -0.1) is 0 Å². The smallest absolute Gasteiger partial charge is 0.315 e. The van der Waals surface area contributed by atoms with Crippen molar-refractivity contribution in [2.45, 2.75) is 57.9 Å². The van der Waals surface area contributed by atoms with Gasteiger partial charge in [-0.3, -0.25) is 4.79 Å². The molecule has 2 fully saturated rings. The Hall–Kier alpha value is -1.26. The van der Waals surface area contributed by atoms with Crippen LogP contribution >= 0.6 is 0 Å². The molecule has 0 aromatic carbocycles. The number of hydrogen-bond donors (Lipinski definition) is 3. The molecule has 5 heteroatoms. The third-order valence-corrected chi connectivity index (χ3v) is 4.72. The van der Waals surface area contributed by atoms with E-state index in [1.54, 1.807) is 0 Å². The van der Waals surface area contributed by atoms with E-state index in [0.717, 1.165) is 12.8 Å². The lowest BCUT2D eigenvalue weighted by Crippen LogP contribution is -2.46. The van der Waals surface area contributed by atoms with Gasteiger partial charge < -0.3 is 15.7 Å². The lowest BCUT2D eigenvalue weighted by Gasteiger charge is -2.29. The molecule has 114 valence electrons. The van der Waals surface area contributed by atoms with Crippen LogP contribution in [0.1, 0.15) is 51.9 Å². The first-order chi connectivity index (χ1) is 9.56. The molecule has 5 nitrogen and oxygen atoms in total. The molecule has 2 amide bonds. The van der Waals surface area contributed by atoms with Gasteiger partial charge in [-0.1, -0.05) is 26.2 Å². The van der Waals surface area contributed by atoms with Gasteiger partial charge in [-0.2, -0.15) is 0 Å². The maximum absolute atomic E-state index is 11.9. The topological polar surface area (TPSA) is 78.4 Å². The highest BCUT2D eigenvalue weighted by Crippen LogP contribution is 2.34. The molecule has 0 bridgehead atoms. The molecule has 0 spiro atoms. The van der Waals surface area contributed by atoms with Crippen LogP contribution in [0.2, 0.25) is 0 Å². The van der Waals surface area contributed by atoms with E-state index in [9.17, 15) is 9.59 Å². The van der Waals surface area contributed by atoms with Crippen molar-refractivity contribution in [3.05, 3.63) is 0 Å². The number of aliphatic carboxylic acids is 1. The number of carbonyl (C=O) groups excluding carboxylic acids is 1. The van der Waals surface area contributed by atoms with E-state index in [2.05, 4.69) is 17.6 Å². The minimum Gasteiger partial charge on any atom is -0.481 e. The Kier molecular flexibility index (Phi) is 5.26. The van der Waals surface area contributed by atoms with E-state index < -0.39 is 5.97 Å². The summed E-state index contributed by atoms with van der Waals surface area (Å²) in [6.45, 7) is 2.96. The molecule has 0 aromatic heterocycles. The Morgan fingerprint density at radius 3 is 2.50 bits per heavy atom. The Bertz CT molecular complexity index is 355. The van der Waals surface area contributed by atoms with Crippen LogP contribution in [0.5, 0.6) is 0 Å². The highest BCUT2D eigenvalue weighted by molar-refractivity contribution is 5.75. The molecule has 3 unspecified atom stereocenters. The van der Waals surface area contributed by atoms with Crippen molar-refractivity contribution in [1.29, 1.82) is 0 Å². The first kappa shape index (κ1) is 15.1. The van der Waals surface area contributed by atoms with Gasteiger partial charge in [0.05, 0.1) is 6.42 Å². The second kappa shape index (κ2) is 6.95. The highest BCUT2D eigenvalue weighted by Gasteiger charge is 2.33. The molecule has 2 rings (SSSR count). The van der Waals surface area contributed by atoms with E-state index >= 15 is 0 Å². The summed E-state index contributed by atoms with van der Waals surface area (Å²) < 4.78 is 0. The Morgan fingerprint density at radius 1 is 1.20 bits per heavy atom. The van der Waals surface area contributed by atoms with Gasteiger partial charge in [0.15, 0.2) is 0 Å². The summed E-state index contributed by atoms with van der Waals surface area (Å²) >= 11 is 0. The van der Waals surface area contributed by atoms with Crippen LogP contribution in [-0.4, -0.2) is 29.7 Å². The molecule has 0 saturated heterocycles. The Morgan fingerprint density at radius 2 is 1.90 bits per heavy atom. The van der Waals surface area contributed by atoms with Gasteiger partial charge in [-0.05, 0) is 37.0 Å². The van der Waals surface area contributed by atoms with Gasteiger partial charge in [-0.25, -0.2) is 4.79 Å². The lowest BCUT2D eigenvalue weighted by molar-refractivity contribution is -0.137. The Labute approximate surface area is 120 Å². The van der Waals surface area contributed by atoms with Crippen LogP contribution in [0, 0.1) is 17.8 Å². The quantitative estimate of drug-likeness (QED) is 0.700. The number of hydrogen-bond acceptors (Lipinski definition) is 2. The zero-order chi connectivity index (χ0) is 14.5. The van der Waals surface area contributed by atoms with Gasteiger partial charge >= 0.3 is 12.0 Å². The third-order valence-electron chi connectivity index (χ3n) is 4.72. The molecule has 2 aliphatic carbocycles. The van der Waals surface area contributed by atoms with Crippen molar-refractivity contribution in [2.24, 2.45) is 17.8 Å². The minimum absolute atomic E-state index is 0.0257. The molecule has 2 aliphatic rings. The summed E-state index contributed by atoms with van der Waals surface area (Å²) in [5, 5.41) is 14.6. The van der Waals surface area contributed by atoms with Crippen molar-refractivity contribution in [3.8, 4) is 0 Å². The van der Waals surface area contributed by atoms with Crippen LogP contribution < -0.4 is 10.6 Å². The summed E-state index contributed by atoms with van der Waals surface area (Å²) in [7, 11) is 0. The van der Waals surface area contributed by atoms with Crippen LogP contribution in [-0.2, 0) is 4.79 Å². The normalized spacial score (nSPS) is 27.6. The average molecular weight is 282 g/mol. The zero-order valence-corrected chi connectivity index (χ0v) is 12.2. The first-order valence-corrected chi connectivity index (χ1v) is 7.82. The third kappa shape index (κ3) is 4.69. The summed E-state index contributed by atoms with van der Waals surface area (Å²) in [4.78, 5) is 22.7. The van der Waals surface area contributed by atoms with E-state index in [1.165, 1.54) is 25.7 Å². The molecular weight excluding hydrogens is 256 g/mol. The van der Waals surface area contributed by atoms with E-state index in [4.69, 9.17) is 5.11 Å². The predicted molar refractivity (Wildman–Crippen MR) is 76.4 cm³/mol. The predicted octanol–water partition coefficient (Wildman–Crippen LogP) is 2.37. The van der Waals surface area contributed by atoms with Gasteiger partial charge in [0.25, 0.3) is 0 Å². The summed E-state index contributed by atoms with van der Waals surface area (Å²) in [6.07, 6.45) is 7.06. The van der Waals surface area contributed by atoms with Gasteiger partial charge in [0, 0.05) is 12.6 Å². The maximum atomic E-state index is 11.9. The van der Waals surface area contributed by atoms with Crippen LogP contribution in [0.15, 0.2) is 0 Å². The van der Waals surface area contributed by atoms with Gasteiger partial charge in [0.2, 0.25) is 0 Å². The second-order valence-electron chi connectivity index (χ2n) is 6.42. The number of carbonyl (C=O) groups is 2. The van der Waals surface area contributed by atoms with E-state index in [1.807, 2.05) is 0 Å². The monoisotopic (exact) mass is 282 g/mol. The van der Waals surface area contributed by atoms with Crippen molar-refractivity contribution >= 4 is 12.0 Å². The number of carboxylic acid groups (broad SMARTS) is 1. The number of carboxylic acids is 1. The largest absolute Gasteiger partial charge is 0.481 e. The fraction of sp³-hybridized carbons (Fsp3) is 0.867. The lowest BCUT2D eigenvalue weighted by atomic mass is 9.80. The average Bonchev–Trinajstić information content (AvgIpc) is 3.21.